The second-order valence-corrected chi connectivity index (χ2v) is 6.38. The van der Waals surface area contributed by atoms with Crippen molar-refractivity contribution >= 4 is 23.5 Å². The molecule has 0 aliphatic heterocycles. The fourth-order valence-corrected chi connectivity index (χ4v) is 3.03. The van der Waals surface area contributed by atoms with E-state index < -0.39 is 0 Å². The van der Waals surface area contributed by atoms with Gasteiger partial charge in [0.25, 0.3) is 0 Å². The number of azo groups is 1. The molecule has 0 aliphatic rings. The van der Waals surface area contributed by atoms with Gasteiger partial charge < -0.3 is 0 Å². The van der Waals surface area contributed by atoms with Gasteiger partial charge in [-0.15, -0.1) is 5.11 Å². The van der Waals surface area contributed by atoms with E-state index in [2.05, 4.69) is 64.8 Å². The van der Waals surface area contributed by atoms with Crippen molar-refractivity contribution in [2.24, 2.45) is 10.2 Å². The third-order valence-corrected chi connectivity index (χ3v) is 4.44. The van der Waals surface area contributed by atoms with Crippen LogP contribution in [0.4, 0.5) is 11.4 Å². The molecule has 4 rings (SSSR count). The van der Waals surface area contributed by atoms with E-state index in [0.717, 1.165) is 28.1 Å². The molecule has 0 heterocycles. The van der Waals surface area contributed by atoms with Crippen LogP contribution in [-0.4, -0.2) is 0 Å². The standard InChI is InChI=1S/C26H20N2/c1-3-11-21(12-4-1)19-20-22-13-7-8-16-24(22)25-17-9-10-18-26(25)28-27-23-14-5-2-6-15-23/h1-20H. The third kappa shape index (κ3) is 4.30. The summed E-state index contributed by atoms with van der Waals surface area (Å²) in [5.41, 5.74) is 6.22. The van der Waals surface area contributed by atoms with Crippen LogP contribution in [0.5, 0.6) is 0 Å². The minimum atomic E-state index is 0.842. The molecule has 4 aromatic carbocycles. The lowest BCUT2D eigenvalue weighted by molar-refractivity contribution is 1.23. The van der Waals surface area contributed by atoms with Crippen LogP contribution in [-0.2, 0) is 0 Å². The molecular weight excluding hydrogens is 340 g/mol. The molecule has 28 heavy (non-hydrogen) atoms. The van der Waals surface area contributed by atoms with Crippen LogP contribution >= 0.6 is 0 Å². The molecule has 134 valence electrons. The lowest BCUT2D eigenvalue weighted by Gasteiger charge is -2.09. The average Bonchev–Trinajstić information content (AvgIpc) is 2.78. The highest BCUT2D eigenvalue weighted by Gasteiger charge is 2.07. The molecule has 0 amide bonds. The van der Waals surface area contributed by atoms with E-state index in [1.807, 2.05) is 66.7 Å². The Hall–Kier alpha value is -3.78. The van der Waals surface area contributed by atoms with Gasteiger partial charge in [0.2, 0.25) is 0 Å². The minimum absolute atomic E-state index is 0.842. The van der Waals surface area contributed by atoms with Gasteiger partial charge in [0.05, 0.1) is 11.4 Å². The van der Waals surface area contributed by atoms with Gasteiger partial charge in [-0.25, -0.2) is 0 Å². The number of hydrogen-bond acceptors (Lipinski definition) is 2. The van der Waals surface area contributed by atoms with Crippen molar-refractivity contribution in [1.82, 2.24) is 0 Å². The zero-order chi connectivity index (χ0) is 19.0. The smallest absolute Gasteiger partial charge is 0.0935 e. The van der Waals surface area contributed by atoms with Gasteiger partial charge in [-0.3, -0.25) is 0 Å². The van der Waals surface area contributed by atoms with Crippen molar-refractivity contribution in [3.05, 3.63) is 120 Å². The first-order valence-corrected chi connectivity index (χ1v) is 9.28. The number of nitrogens with zero attached hydrogens (tertiary/aromatic N) is 2. The molecule has 0 aliphatic carbocycles. The number of hydrogen-bond donors (Lipinski definition) is 0. The van der Waals surface area contributed by atoms with Crippen molar-refractivity contribution in [2.45, 2.75) is 0 Å². The molecule has 0 N–H and O–H groups in total. The van der Waals surface area contributed by atoms with Crippen molar-refractivity contribution < 1.29 is 0 Å². The summed E-state index contributed by atoms with van der Waals surface area (Å²) in [4.78, 5) is 0. The molecule has 4 aromatic rings. The molecule has 0 unspecified atom stereocenters. The van der Waals surface area contributed by atoms with Crippen molar-refractivity contribution in [3.8, 4) is 11.1 Å². The molecule has 0 spiro atoms. The van der Waals surface area contributed by atoms with Gasteiger partial charge >= 0.3 is 0 Å². The van der Waals surface area contributed by atoms with Crippen LogP contribution in [0, 0.1) is 0 Å². The second-order valence-electron chi connectivity index (χ2n) is 6.38. The van der Waals surface area contributed by atoms with E-state index in [-0.39, 0.29) is 0 Å². The van der Waals surface area contributed by atoms with Crippen molar-refractivity contribution in [2.75, 3.05) is 0 Å². The Labute approximate surface area is 165 Å². The van der Waals surface area contributed by atoms with Crippen molar-refractivity contribution in [3.63, 3.8) is 0 Å². The van der Waals surface area contributed by atoms with E-state index in [4.69, 9.17) is 0 Å². The van der Waals surface area contributed by atoms with E-state index in [1.54, 1.807) is 0 Å². The van der Waals surface area contributed by atoms with Crippen LogP contribution in [0.2, 0.25) is 0 Å². The lowest BCUT2D eigenvalue weighted by atomic mass is 9.97. The minimum Gasteiger partial charge on any atom is -0.151 e. The Morgan fingerprint density at radius 3 is 1.86 bits per heavy atom. The summed E-state index contributed by atoms with van der Waals surface area (Å²) in [7, 11) is 0. The first-order valence-electron chi connectivity index (χ1n) is 9.28. The highest BCUT2D eigenvalue weighted by molar-refractivity contribution is 5.85. The predicted octanol–water partition coefficient (Wildman–Crippen LogP) is 7.94. The summed E-state index contributed by atoms with van der Waals surface area (Å²) in [5.74, 6) is 0. The summed E-state index contributed by atoms with van der Waals surface area (Å²) in [6, 6.07) is 36.6. The summed E-state index contributed by atoms with van der Waals surface area (Å²) in [5, 5.41) is 8.91. The predicted molar refractivity (Wildman–Crippen MR) is 118 cm³/mol. The van der Waals surface area contributed by atoms with Crippen LogP contribution in [0.1, 0.15) is 11.1 Å². The van der Waals surface area contributed by atoms with Gasteiger partial charge in [0.1, 0.15) is 0 Å². The normalized spacial score (nSPS) is 11.3. The quantitative estimate of drug-likeness (QED) is 0.255. The Morgan fingerprint density at radius 2 is 1.07 bits per heavy atom. The van der Waals surface area contributed by atoms with Crippen molar-refractivity contribution in [1.29, 1.82) is 0 Å². The van der Waals surface area contributed by atoms with Gasteiger partial charge in [-0.2, -0.15) is 5.11 Å². The number of rotatable bonds is 5. The van der Waals surface area contributed by atoms with Gasteiger partial charge in [0, 0.05) is 5.56 Å². The van der Waals surface area contributed by atoms with E-state index in [9.17, 15) is 0 Å². The number of benzene rings is 4. The molecule has 0 fully saturated rings. The molecular formula is C26H20N2. The Bertz CT molecular complexity index is 1010. The van der Waals surface area contributed by atoms with Gasteiger partial charge in [-0.1, -0.05) is 103 Å². The van der Waals surface area contributed by atoms with Crippen LogP contribution in [0.25, 0.3) is 23.3 Å². The molecule has 0 saturated carbocycles. The summed E-state index contributed by atoms with van der Waals surface area (Å²) in [6.07, 6.45) is 4.28. The Kier molecular flexibility index (Phi) is 5.50. The monoisotopic (exact) mass is 360 g/mol. The van der Waals surface area contributed by atoms with Crippen LogP contribution in [0.3, 0.4) is 0 Å². The maximum absolute atomic E-state index is 4.51. The highest BCUT2D eigenvalue weighted by atomic mass is 15.1. The highest BCUT2D eigenvalue weighted by Crippen LogP contribution is 2.34. The average molecular weight is 360 g/mol. The molecule has 2 nitrogen and oxygen atoms in total. The zero-order valence-electron chi connectivity index (χ0n) is 15.4. The van der Waals surface area contributed by atoms with E-state index >= 15 is 0 Å². The molecule has 0 aromatic heterocycles. The zero-order valence-corrected chi connectivity index (χ0v) is 15.4. The molecule has 0 saturated heterocycles. The van der Waals surface area contributed by atoms with Crippen LogP contribution < -0.4 is 0 Å². The first-order chi connectivity index (χ1) is 13.9. The fraction of sp³-hybridized carbons (Fsp3) is 0. The Balaban J connectivity index is 1.71. The van der Waals surface area contributed by atoms with Gasteiger partial charge in [-0.05, 0) is 34.9 Å². The second kappa shape index (κ2) is 8.74. The van der Waals surface area contributed by atoms with Crippen LogP contribution in [0.15, 0.2) is 119 Å². The molecule has 2 heteroatoms. The summed E-state index contributed by atoms with van der Waals surface area (Å²) in [6.45, 7) is 0. The first kappa shape index (κ1) is 17.6. The summed E-state index contributed by atoms with van der Waals surface area (Å²) >= 11 is 0. The van der Waals surface area contributed by atoms with Gasteiger partial charge in [0.15, 0.2) is 0 Å². The largest absolute Gasteiger partial charge is 0.151 e. The lowest BCUT2D eigenvalue weighted by Crippen LogP contribution is -1.84. The molecule has 0 radical (unpaired) electrons. The van der Waals surface area contributed by atoms with E-state index in [1.165, 1.54) is 5.56 Å². The topological polar surface area (TPSA) is 24.7 Å². The fourth-order valence-electron chi connectivity index (χ4n) is 3.03. The SMILES string of the molecule is C(=Cc1ccccc1-c1ccccc1N=Nc1ccccc1)c1ccccc1. The Morgan fingerprint density at radius 1 is 0.464 bits per heavy atom. The maximum Gasteiger partial charge on any atom is 0.0935 e. The molecule has 0 atom stereocenters. The third-order valence-electron chi connectivity index (χ3n) is 4.44. The molecule has 0 bridgehead atoms. The maximum atomic E-state index is 4.51. The van der Waals surface area contributed by atoms with E-state index in [0.29, 0.717) is 0 Å². The summed E-state index contributed by atoms with van der Waals surface area (Å²) < 4.78 is 0.